The van der Waals surface area contributed by atoms with Gasteiger partial charge in [0.15, 0.2) is 6.61 Å². The minimum Gasteiger partial charge on any atom is -0.452 e. The maximum atomic E-state index is 12.2. The lowest BCUT2D eigenvalue weighted by molar-refractivity contribution is -0.119. The van der Waals surface area contributed by atoms with Crippen LogP contribution in [0.3, 0.4) is 0 Å². The Kier molecular flexibility index (Phi) is 7.06. The van der Waals surface area contributed by atoms with E-state index in [0.29, 0.717) is 21.4 Å². The molecular formula is C17H16Cl2N2O4. The molecule has 0 aliphatic rings. The number of nitrogens with one attached hydrogen (secondary N) is 2. The van der Waals surface area contributed by atoms with Crippen LogP contribution in [-0.4, -0.2) is 36.7 Å². The van der Waals surface area contributed by atoms with Crippen LogP contribution < -0.4 is 10.6 Å². The van der Waals surface area contributed by atoms with Gasteiger partial charge in [-0.05, 0) is 30.3 Å². The van der Waals surface area contributed by atoms with Crippen molar-refractivity contribution in [3.05, 3.63) is 58.1 Å². The normalized spacial score (nSPS) is 10.2. The van der Waals surface area contributed by atoms with Gasteiger partial charge in [-0.2, -0.15) is 0 Å². The Labute approximate surface area is 154 Å². The minimum absolute atomic E-state index is 0.0772. The number of anilines is 2. The van der Waals surface area contributed by atoms with Crippen LogP contribution >= 0.6 is 23.2 Å². The molecule has 0 aliphatic heterocycles. The summed E-state index contributed by atoms with van der Waals surface area (Å²) in [6.45, 7) is -0.264. The molecule has 0 saturated heterocycles. The van der Waals surface area contributed by atoms with Crippen LogP contribution in [0.4, 0.5) is 11.4 Å². The summed E-state index contributed by atoms with van der Waals surface area (Å²) >= 11 is 11.8. The van der Waals surface area contributed by atoms with Crippen LogP contribution in [0.2, 0.25) is 10.0 Å². The molecule has 0 saturated carbocycles. The van der Waals surface area contributed by atoms with Gasteiger partial charge in [0.2, 0.25) is 0 Å². The predicted octanol–water partition coefficient (Wildman–Crippen LogP) is 3.19. The van der Waals surface area contributed by atoms with E-state index in [-0.39, 0.29) is 18.7 Å². The lowest BCUT2D eigenvalue weighted by atomic mass is 10.2. The number of hydrogen-bond donors (Lipinski definition) is 3. The van der Waals surface area contributed by atoms with Crippen molar-refractivity contribution < 1.29 is 19.4 Å². The monoisotopic (exact) mass is 382 g/mol. The van der Waals surface area contributed by atoms with Gasteiger partial charge in [0.05, 0.1) is 22.9 Å². The van der Waals surface area contributed by atoms with E-state index < -0.39 is 18.5 Å². The molecule has 0 heterocycles. The number of hydrogen-bond acceptors (Lipinski definition) is 5. The molecule has 6 nitrogen and oxygen atoms in total. The molecule has 2 aromatic carbocycles. The Balaban J connectivity index is 1.95. The number of para-hydroxylation sites is 1. The van der Waals surface area contributed by atoms with E-state index in [1.165, 1.54) is 6.07 Å². The first kappa shape index (κ1) is 19.1. The summed E-state index contributed by atoms with van der Waals surface area (Å²) in [5.74, 6) is -1.20. The topological polar surface area (TPSA) is 87.7 Å². The molecule has 2 rings (SSSR count). The van der Waals surface area contributed by atoms with Crippen LogP contribution in [0.5, 0.6) is 0 Å². The minimum atomic E-state index is -0.659. The molecule has 3 N–H and O–H groups in total. The number of aliphatic hydroxyl groups excluding tert-OH is 1. The fraction of sp³-hybridized carbons (Fsp3) is 0.176. The second kappa shape index (κ2) is 9.27. The van der Waals surface area contributed by atoms with E-state index in [9.17, 15) is 9.59 Å². The predicted molar refractivity (Wildman–Crippen MR) is 97.4 cm³/mol. The van der Waals surface area contributed by atoms with Crippen molar-refractivity contribution in [1.29, 1.82) is 0 Å². The first-order valence-electron chi connectivity index (χ1n) is 7.37. The standard InChI is InChI=1S/C17H16Cl2N2O4/c18-11-5-6-13(19)15(9-11)21-16(23)10-25-17(24)12-3-1-2-4-14(12)20-7-8-22/h1-6,9,20,22H,7-8,10H2,(H,21,23). The fourth-order valence-corrected chi connectivity index (χ4v) is 2.33. The number of benzene rings is 2. The lowest BCUT2D eigenvalue weighted by Gasteiger charge is -2.11. The van der Waals surface area contributed by atoms with E-state index in [1.54, 1.807) is 36.4 Å². The molecule has 0 spiro atoms. The van der Waals surface area contributed by atoms with E-state index in [1.807, 2.05) is 0 Å². The zero-order valence-corrected chi connectivity index (χ0v) is 14.6. The zero-order valence-electron chi connectivity index (χ0n) is 13.1. The molecule has 0 radical (unpaired) electrons. The van der Waals surface area contributed by atoms with Gasteiger partial charge in [0, 0.05) is 17.3 Å². The summed E-state index contributed by atoms with van der Waals surface area (Å²) in [4.78, 5) is 24.1. The first-order chi connectivity index (χ1) is 12.0. The lowest BCUT2D eigenvalue weighted by Crippen LogP contribution is -2.21. The molecule has 25 heavy (non-hydrogen) atoms. The maximum absolute atomic E-state index is 12.2. The highest BCUT2D eigenvalue weighted by Gasteiger charge is 2.14. The van der Waals surface area contributed by atoms with Crippen LogP contribution in [0.1, 0.15) is 10.4 Å². The highest BCUT2D eigenvalue weighted by Crippen LogP contribution is 2.25. The van der Waals surface area contributed by atoms with Crippen LogP contribution in [-0.2, 0) is 9.53 Å². The second-order valence-corrected chi connectivity index (χ2v) is 5.79. The molecule has 0 bridgehead atoms. The van der Waals surface area contributed by atoms with Crippen molar-refractivity contribution in [2.24, 2.45) is 0 Å². The molecular weight excluding hydrogens is 367 g/mol. The summed E-state index contributed by atoms with van der Waals surface area (Å²) in [6.07, 6.45) is 0. The Bertz CT molecular complexity index is 768. The van der Waals surface area contributed by atoms with Gasteiger partial charge in [0.1, 0.15) is 0 Å². The third-order valence-electron chi connectivity index (χ3n) is 3.11. The Morgan fingerprint density at radius 1 is 1.08 bits per heavy atom. The number of halogens is 2. The molecule has 132 valence electrons. The van der Waals surface area contributed by atoms with Gasteiger partial charge in [-0.15, -0.1) is 0 Å². The van der Waals surface area contributed by atoms with Crippen LogP contribution in [0, 0.1) is 0 Å². The Hall–Kier alpha value is -2.28. The molecule has 0 fully saturated rings. The number of rotatable bonds is 7. The number of amides is 1. The number of esters is 1. The highest BCUT2D eigenvalue weighted by molar-refractivity contribution is 6.35. The van der Waals surface area contributed by atoms with E-state index in [0.717, 1.165) is 0 Å². The fourth-order valence-electron chi connectivity index (χ4n) is 1.99. The number of aliphatic hydroxyl groups is 1. The van der Waals surface area contributed by atoms with Gasteiger partial charge in [-0.3, -0.25) is 4.79 Å². The average molecular weight is 383 g/mol. The first-order valence-corrected chi connectivity index (χ1v) is 8.12. The van der Waals surface area contributed by atoms with Crippen molar-refractivity contribution in [3.8, 4) is 0 Å². The van der Waals surface area contributed by atoms with Crippen molar-refractivity contribution in [2.75, 3.05) is 30.4 Å². The summed E-state index contributed by atoms with van der Waals surface area (Å²) in [7, 11) is 0. The van der Waals surface area contributed by atoms with Crippen molar-refractivity contribution in [3.63, 3.8) is 0 Å². The van der Waals surface area contributed by atoms with E-state index in [4.69, 9.17) is 33.0 Å². The van der Waals surface area contributed by atoms with Gasteiger partial charge in [-0.25, -0.2) is 4.79 Å². The average Bonchev–Trinajstić information content (AvgIpc) is 2.61. The Morgan fingerprint density at radius 2 is 1.84 bits per heavy atom. The summed E-state index contributed by atoms with van der Waals surface area (Å²) in [5, 5.41) is 15.0. The highest BCUT2D eigenvalue weighted by atomic mass is 35.5. The summed E-state index contributed by atoms with van der Waals surface area (Å²) in [5.41, 5.74) is 1.12. The molecule has 8 heteroatoms. The maximum Gasteiger partial charge on any atom is 0.340 e. The molecule has 0 unspecified atom stereocenters. The number of carbonyl (C=O) groups is 2. The Morgan fingerprint density at radius 3 is 2.60 bits per heavy atom. The molecule has 1 amide bonds. The molecule has 0 aliphatic carbocycles. The van der Waals surface area contributed by atoms with E-state index in [2.05, 4.69) is 10.6 Å². The summed E-state index contributed by atoms with van der Waals surface area (Å²) < 4.78 is 5.02. The summed E-state index contributed by atoms with van der Waals surface area (Å²) in [6, 6.07) is 11.3. The van der Waals surface area contributed by atoms with Crippen LogP contribution in [0.15, 0.2) is 42.5 Å². The molecule has 0 aromatic heterocycles. The number of carbonyl (C=O) groups excluding carboxylic acids is 2. The van der Waals surface area contributed by atoms with Crippen molar-refractivity contribution >= 4 is 46.5 Å². The second-order valence-electron chi connectivity index (χ2n) is 4.94. The largest absolute Gasteiger partial charge is 0.452 e. The van der Waals surface area contributed by atoms with Crippen molar-refractivity contribution in [1.82, 2.24) is 0 Å². The third-order valence-corrected chi connectivity index (χ3v) is 3.68. The molecule has 0 atom stereocenters. The SMILES string of the molecule is O=C(COC(=O)c1ccccc1NCCO)Nc1cc(Cl)ccc1Cl. The van der Waals surface area contributed by atoms with Gasteiger partial charge in [-0.1, -0.05) is 35.3 Å². The van der Waals surface area contributed by atoms with Gasteiger partial charge < -0.3 is 20.5 Å². The van der Waals surface area contributed by atoms with Gasteiger partial charge in [0.25, 0.3) is 5.91 Å². The zero-order chi connectivity index (χ0) is 18.2. The van der Waals surface area contributed by atoms with Crippen LogP contribution in [0.25, 0.3) is 0 Å². The number of ether oxygens (including phenoxy) is 1. The van der Waals surface area contributed by atoms with Crippen molar-refractivity contribution in [2.45, 2.75) is 0 Å². The van der Waals surface area contributed by atoms with E-state index >= 15 is 0 Å². The van der Waals surface area contributed by atoms with Gasteiger partial charge >= 0.3 is 5.97 Å². The third kappa shape index (κ3) is 5.63. The molecule has 2 aromatic rings. The smallest absolute Gasteiger partial charge is 0.340 e. The quantitative estimate of drug-likeness (QED) is 0.640.